The highest BCUT2D eigenvalue weighted by Crippen LogP contribution is 2.27. The van der Waals surface area contributed by atoms with Crippen molar-refractivity contribution >= 4 is 26.0 Å². The Hall–Kier alpha value is -1.41. The van der Waals surface area contributed by atoms with E-state index in [1.807, 2.05) is 0 Å². The van der Waals surface area contributed by atoms with Gasteiger partial charge in [-0.1, -0.05) is 0 Å². The van der Waals surface area contributed by atoms with Gasteiger partial charge >= 0.3 is 5.54 Å². The predicted octanol–water partition coefficient (Wildman–Crippen LogP) is -1.82. The third-order valence-electron chi connectivity index (χ3n) is 2.73. The summed E-state index contributed by atoms with van der Waals surface area (Å²) < 4.78 is 62.1. The summed E-state index contributed by atoms with van der Waals surface area (Å²) in [7, 11) is -10.0. The second kappa shape index (κ2) is 4.85. The van der Waals surface area contributed by atoms with Crippen LogP contribution in [0, 0.1) is 10.1 Å². The molecule has 20 heavy (non-hydrogen) atoms. The molecule has 0 aromatic rings. The summed E-state index contributed by atoms with van der Waals surface area (Å²) in [5, 5.41) is 8.13. The van der Waals surface area contributed by atoms with Crippen molar-refractivity contribution in [3.05, 3.63) is 22.3 Å². The van der Waals surface area contributed by atoms with Gasteiger partial charge in [0.2, 0.25) is 11.2 Å². The second-order valence-corrected chi connectivity index (χ2v) is 7.03. The standard InChI is InChI=1S/C7H10N2O9S2/c1-4(10)7(9(11)12)3-2-5(19(13,14)15)8-6(7)20(16,17)18/h2-3,5-6,8H,1H3,(H,13,14,15)(H,16,17,18). The van der Waals surface area contributed by atoms with Crippen molar-refractivity contribution < 1.29 is 35.7 Å². The lowest BCUT2D eigenvalue weighted by Crippen LogP contribution is -2.66. The molecule has 0 amide bonds. The molecule has 1 aliphatic heterocycles. The first-order valence-electron chi connectivity index (χ1n) is 4.87. The average molecular weight is 330 g/mol. The average Bonchev–Trinajstić information content (AvgIpc) is 2.24. The van der Waals surface area contributed by atoms with Crippen LogP contribution in [0.1, 0.15) is 6.92 Å². The SMILES string of the molecule is CC(=O)C1([N+](=O)[O-])C=CC(S(=O)(=O)O)NC1S(=O)(=O)O. The van der Waals surface area contributed by atoms with Crippen LogP contribution in [0.5, 0.6) is 0 Å². The van der Waals surface area contributed by atoms with E-state index in [-0.39, 0.29) is 0 Å². The number of nitrogens with one attached hydrogen (secondary N) is 1. The Labute approximate surface area is 113 Å². The molecule has 114 valence electrons. The van der Waals surface area contributed by atoms with Gasteiger partial charge in [0.15, 0.2) is 5.37 Å². The molecule has 3 unspecified atom stereocenters. The number of hydrogen-bond donors (Lipinski definition) is 3. The van der Waals surface area contributed by atoms with Crippen LogP contribution in [0.15, 0.2) is 12.2 Å². The van der Waals surface area contributed by atoms with E-state index in [0.29, 0.717) is 19.1 Å². The second-order valence-electron chi connectivity index (χ2n) is 4.00. The minimum Gasteiger partial charge on any atom is -0.291 e. The van der Waals surface area contributed by atoms with Crippen LogP contribution in [0.25, 0.3) is 0 Å². The molecular weight excluding hydrogens is 320 g/mol. The molecule has 1 aliphatic rings. The third-order valence-corrected chi connectivity index (χ3v) is 4.75. The molecule has 0 spiro atoms. The number of nitro groups is 1. The summed E-state index contributed by atoms with van der Waals surface area (Å²) in [5.41, 5.74) is -2.89. The van der Waals surface area contributed by atoms with Crippen molar-refractivity contribution in [1.29, 1.82) is 0 Å². The van der Waals surface area contributed by atoms with Crippen molar-refractivity contribution in [2.45, 2.75) is 23.2 Å². The Morgan fingerprint density at radius 1 is 1.30 bits per heavy atom. The number of ketones is 1. The summed E-state index contributed by atoms with van der Waals surface area (Å²) in [5.74, 6) is -1.25. The number of rotatable bonds is 4. The monoisotopic (exact) mass is 330 g/mol. The maximum absolute atomic E-state index is 11.5. The van der Waals surface area contributed by atoms with Crippen LogP contribution >= 0.6 is 0 Å². The molecule has 13 heteroatoms. The van der Waals surface area contributed by atoms with Gasteiger partial charge in [-0.3, -0.25) is 29.3 Å². The first kappa shape index (κ1) is 16.6. The minimum absolute atomic E-state index is 0.419. The highest BCUT2D eigenvalue weighted by molar-refractivity contribution is 7.87. The quantitative estimate of drug-likeness (QED) is 0.230. The van der Waals surface area contributed by atoms with Crippen molar-refractivity contribution in [2.75, 3.05) is 0 Å². The Morgan fingerprint density at radius 3 is 2.10 bits per heavy atom. The molecule has 0 aromatic heterocycles. The molecule has 1 rings (SSSR count). The Bertz CT molecular complexity index is 663. The van der Waals surface area contributed by atoms with E-state index in [1.165, 1.54) is 0 Å². The van der Waals surface area contributed by atoms with Gasteiger partial charge in [-0.25, -0.2) is 0 Å². The highest BCUT2D eigenvalue weighted by atomic mass is 32.2. The first-order chi connectivity index (χ1) is 8.83. The summed E-state index contributed by atoms with van der Waals surface area (Å²) in [6.07, 6.45) is 0.976. The Morgan fingerprint density at radius 2 is 1.80 bits per heavy atom. The fourth-order valence-corrected chi connectivity index (χ4v) is 3.51. The van der Waals surface area contributed by atoms with E-state index < -0.39 is 47.2 Å². The zero-order valence-corrected chi connectivity index (χ0v) is 11.5. The Balaban J connectivity index is 3.59. The molecule has 1 heterocycles. The molecule has 0 aliphatic carbocycles. The fourth-order valence-electron chi connectivity index (χ4n) is 1.74. The van der Waals surface area contributed by atoms with Crippen molar-refractivity contribution in [3.63, 3.8) is 0 Å². The number of hydrogen-bond acceptors (Lipinski definition) is 8. The van der Waals surface area contributed by atoms with E-state index in [0.717, 1.165) is 0 Å². The van der Waals surface area contributed by atoms with E-state index in [4.69, 9.17) is 9.11 Å². The molecule has 0 aromatic carbocycles. The maximum Gasteiger partial charge on any atom is 0.328 e. The number of nitrogens with zero attached hydrogens (tertiary/aromatic N) is 1. The van der Waals surface area contributed by atoms with Gasteiger partial charge in [-0.15, -0.1) is 0 Å². The first-order valence-corrected chi connectivity index (χ1v) is 7.87. The van der Waals surface area contributed by atoms with Crippen molar-refractivity contribution in [3.8, 4) is 0 Å². The van der Waals surface area contributed by atoms with Crippen molar-refractivity contribution in [1.82, 2.24) is 5.32 Å². The lowest BCUT2D eigenvalue weighted by molar-refractivity contribution is -0.539. The van der Waals surface area contributed by atoms with Gasteiger partial charge in [0, 0.05) is 17.9 Å². The summed E-state index contributed by atoms with van der Waals surface area (Å²) in [4.78, 5) is 21.2. The van der Waals surface area contributed by atoms with Crippen LogP contribution in [0.4, 0.5) is 0 Å². The summed E-state index contributed by atoms with van der Waals surface area (Å²) in [6.45, 7) is 0.709. The largest absolute Gasteiger partial charge is 0.328 e. The molecule has 0 radical (unpaired) electrons. The Kier molecular flexibility index (Phi) is 4.04. The molecule has 0 fully saturated rings. The molecule has 3 N–H and O–H groups in total. The zero-order valence-electron chi connectivity index (χ0n) is 9.83. The van der Waals surface area contributed by atoms with Gasteiger partial charge < -0.3 is 0 Å². The molecular formula is C7H10N2O9S2. The molecule has 0 bridgehead atoms. The zero-order chi connectivity index (χ0) is 15.9. The number of carbonyl (C=O) groups is 1. The van der Waals surface area contributed by atoms with E-state index in [9.17, 15) is 31.7 Å². The number of Topliss-reactive ketones (excluding diaryl/α,β-unsaturated/α-hetero) is 1. The smallest absolute Gasteiger partial charge is 0.291 e. The van der Waals surface area contributed by atoms with Crippen LogP contribution in [-0.2, 0) is 25.0 Å². The summed E-state index contributed by atoms with van der Waals surface area (Å²) >= 11 is 0. The number of carbonyl (C=O) groups excluding carboxylic acids is 1. The summed E-state index contributed by atoms with van der Waals surface area (Å²) in [6, 6.07) is 0. The predicted molar refractivity (Wildman–Crippen MR) is 63.4 cm³/mol. The van der Waals surface area contributed by atoms with E-state index in [2.05, 4.69) is 0 Å². The molecule has 11 nitrogen and oxygen atoms in total. The van der Waals surface area contributed by atoms with E-state index >= 15 is 0 Å². The maximum atomic E-state index is 11.5. The van der Waals surface area contributed by atoms with Crippen LogP contribution < -0.4 is 5.32 Å². The highest BCUT2D eigenvalue weighted by Gasteiger charge is 2.62. The van der Waals surface area contributed by atoms with Gasteiger partial charge in [-0.2, -0.15) is 16.8 Å². The molecule has 0 saturated heterocycles. The lowest BCUT2D eigenvalue weighted by Gasteiger charge is -2.32. The van der Waals surface area contributed by atoms with E-state index in [1.54, 1.807) is 5.32 Å². The lowest BCUT2D eigenvalue weighted by atomic mass is 9.92. The van der Waals surface area contributed by atoms with Gasteiger partial charge in [0.05, 0.1) is 0 Å². The topological polar surface area (TPSA) is 181 Å². The van der Waals surface area contributed by atoms with Crippen LogP contribution in [-0.4, -0.2) is 52.9 Å². The normalized spacial score (nSPS) is 30.9. The van der Waals surface area contributed by atoms with Gasteiger partial charge in [0.25, 0.3) is 20.2 Å². The minimum atomic E-state index is -5.22. The van der Waals surface area contributed by atoms with Crippen molar-refractivity contribution in [2.24, 2.45) is 0 Å². The van der Waals surface area contributed by atoms with Gasteiger partial charge in [-0.05, 0) is 6.08 Å². The van der Waals surface area contributed by atoms with Gasteiger partial charge in [0.1, 0.15) is 0 Å². The van der Waals surface area contributed by atoms with Crippen LogP contribution in [0.2, 0.25) is 0 Å². The third kappa shape index (κ3) is 2.71. The fraction of sp³-hybridized carbons (Fsp3) is 0.571. The molecule has 3 atom stereocenters. The molecule has 0 saturated carbocycles. The van der Waals surface area contributed by atoms with Crippen LogP contribution in [0.3, 0.4) is 0 Å².